The number of hydrogen-bond acceptors (Lipinski definition) is 6. The lowest BCUT2D eigenvalue weighted by Crippen LogP contribution is -2.40. The summed E-state index contributed by atoms with van der Waals surface area (Å²) in [5.74, 6) is 0. The minimum Gasteiger partial charge on any atom is -0.350 e. The van der Waals surface area contributed by atoms with Gasteiger partial charge < -0.3 is 9.80 Å². The van der Waals surface area contributed by atoms with Crippen molar-refractivity contribution < 1.29 is 0 Å². The maximum atomic E-state index is 4.85. The predicted molar refractivity (Wildman–Crippen MR) is 211 cm³/mol. The summed E-state index contributed by atoms with van der Waals surface area (Å²) in [5.41, 5.74) is 9.73. The molecule has 6 aromatic rings. The molecule has 6 nitrogen and oxygen atoms in total. The highest BCUT2D eigenvalue weighted by atomic mass is 15.4. The maximum absolute atomic E-state index is 4.85. The molecule has 0 fully saturated rings. The molecule has 7 rings (SSSR count). The summed E-state index contributed by atoms with van der Waals surface area (Å²) in [6, 6.07) is 40.5. The zero-order valence-electron chi connectivity index (χ0n) is 29.7. The standard InChI is InChI=1S/C44H46N6/c1-5-7-9-14-32-19-23-33(24-20-32)44-49(3)41-18-12-17-37-40(29-30-42(43(37)41)50(44)4)48-47-39-28-27-38(35-15-10-11-16-36(35)39)46-45-34-25-21-31(22-26-34)13-8-6-2/h10-12,15-30,44H,5-9,13-14H2,1-4H3. The lowest BCUT2D eigenvalue weighted by atomic mass is 9.97. The third-order valence-electron chi connectivity index (χ3n) is 9.99. The first kappa shape index (κ1) is 33.2. The summed E-state index contributed by atoms with van der Waals surface area (Å²) in [4.78, 5) is 4.76. The molecular weight excluding hydrogens is 613 g/mol. The highest BCUT2D eigenvalue weighted by molar-refractivity contribution is 6.10. The quantitative estimate of drug-likeness (QED) is 0.0970. The number of hydrogen-bond donors (Lipinski definition) is 0. The van der Waals surface area contributed by atoms with Crippen LogP contribution in [0.1, 0.15) is 68.8 Å². The van der Waals surface area contributed by atoms with Gasteiger partial charge in [-0.3, -0.25) is 0 Å². The van der Waals surface area contributed by atoms with Crippen LogP contribution < -0.4 is 9.80 Å². The van der Waals surface area contributed by atoms with Gasteiger partial charge >= 0.3 is 0 Å². The fourth-order valence-corrected chi connectivity index (χ4v) is 7.21. The van der Waals surface area contributed by atoms with Gasteiger partial charge in [0.2, 0.25) is 0 Å². The highest BCUT2D eigenvalue weighted by Gasteiger charge is 2.31. The molecule has 1 heterocycles. The molecule has 0 N–H and O–H groups in total. The highest BCUT2D eigenvalue weighted by Crippen LogP contribution is 2.48. The average Bonchev–Trinajstić information content (AvgIpc) is 3.16. The smallest absolute Gasteiger partial charge is 0.127 e. The summed E-state index contributed by atoms with van der Waals surface area (Å²) in [6.45, 7) is 4.47. The molecule has 6 aromatic carbocycles. The Labute approximate surface area is 296 Å². The van der Waals surface area contributed by atoms with Crippen molar-refractivity contribution in [2.24, 2.45) is 20.5 Å². The van der Waals surface area contributed by atoms with Gasteiger partial charge in [0, 0.05) is 47.0 Å². The number of unbranched alkanes of at least 4 members (excludes halogenated alkanes) is 3. The Kier molecular flexibility index (Phi) is 9.97. The summed E-state index contributed by atoms with van der Waals surface area (Å²) >= 11 is 0. The van der Waals surface area contributed by atoms with Gasteiger partial charge in [-0.05, 0) is 84.8 Å². The molecule has 0 saturated carbocycles. The molecule has 0 aromatic heterocycles. The molecule has 50 heavy (non-hydrogen) atoms. The second-order valence-electron chi connectivity index (χ2n) is 13.4. The van der Waals surface area contributed by atoms with Gasteiger partial charge in [-0.1, -0.05) is 106 Å². The Morgan fingerprint density at radius 1 is 0.480 bits per heavy atom. The molecule has 0 bridgehead atoms. The molecule has 1 atom stereocenters. The molecule has 1 aliphatic heterocycles. The van der Waals surface area contributed by atoms with Crippen LogP contribution in [0.3, 0.4) is 0 Å². The number of rotatable bonds is 12. The van der Waals surface area contributed by atoms with Crippen LogP contribution in [0.5, 0.6) is 0 Å². The first-order chi connectivity index (χ1) is 24.6. The third kappa shape index (κ3) is 6.75. The molecule has 0 aliphatic carbocycles. The van der Waals surface area contributed by atoms with Crippen LogP contribution in [0.25, 0.3) is 21.5 Å². The number of fused-ring (bicyclic) bond motifs is 1. The minimum atomic E-state index is 0.0949. The van der Waals surface area contributed by atoms with Gasteiger partial charge in [-0.2, -0.15) is 5.11 Å². The van der Waals surface area contributed by atoms with Crippen molar-refractivity contribution in [3.8, 4) is 0 Å². The van der Waals surface area contributed by atoms with Crippen LogP contribution in [-0.4, -0.2) is 14.1 Å². The normalized spacial score (nSPS) is 14.5. The number of anilines is 2. The van der Waals surface area contributed by atoms with E-state index in [1.807, 2.05) is 36.4 Å². The molecule has 252 valence electrons. The van der Waals surface area contributed by atoms with E-state index >= 15 is 0 Å². The first-order valence-electron chi connectivity index (χ1n) is 18.1. The van der Waals surface area contributed by atoms with Gasteiger partial charge in [0.15, 0.2) is 0 Å². The van der Waals surface area contributed by atoms with Crippen molar-refractivity contribution in [3.05, 3.63) is 132 Å². The van der Waals surface area contributed by atoms with Gasteiger partial charge in [-0.25, -0.2) is 0 Å². The summed E-state index contributed by atoms with van der Waals surface area (Å²) in [7, 11) is 4.38. The minimum absolute atomic E-state index is 0.0949. The van der Waals surface area contributed by atoms with Gasteiger partial charge in [-0.15, -0.1) is 15.3 Å². The van der Waals surface area contributed by atoms with Crippen molar-refractivity contribution in [1.29, 1.82) is 0 Å². The van der Waals surface area contributed by atoms with Crippen LogP contribution >= 0.6 is 0 Å². The molecule has 1 unspecified atom stereocenters. The molecule has 0 radical (unpaired) electrons. The largest absolute Gasteiger partial charge is 0.350 e. The van der Waals surface area contributed by atoms with Crippen molar-refractivity contribution in [3.63, 3.8) is 0 Å². The number of azo groups is 2. The summed E-state index contributed by atoms with van der Waals surface area (Å²) < 4.78 is 0. The van der Waals surface area contributed by atoms with E-state index < -0.39 is 0 Å². The molecule has 1 aliphatic rings. The second kappa shape index (κ2) is 15.0. The van der Waals surface area contributed by atoms with Crippen molar-refractivity contribution in [1.82, 2.24) is 0 Å². The number of aryl methyl sites for hydroxylation is 2. The third-order valence-corrected chi connectivity index (χ3v) is 9.99. The van der Waals surface area contributed by atoms with E-state index in [1.54, 1.807) is 0 Å². The molecular formula is C44H46N6. The van der Waals surface area contributed by atoms with E-state index in [1.165, 1.54) is 65.6 Å². The Morgan fingerprint density at radius 3 is 1.64 bits per heavy atom. The van der Waals surface area contributed by atoms with Crippen molar-refractivity contribution in [2.45, 2.75) is 65.0 Å². The second-order valence-corrected chi connectivity index (χ2v) is 13.4. The van der Waals surface area contributed by atoms with Crippen LogP contribution in [0.15, 0.2) is 136 Å². The van der Waals surface area contributed by atoms with E-state index in [4.69, 9.17) is 10.2 Å². The Bertz CT molecular complexity index is 2130. The van der Waals surface area contributed by atoms with Crippen LogP contribution in [0, 0.1) is 0 Å². The SMILES string of the molecule is CCCCCc1ccc(C2N(C)c3cccc4c(N=Nc5ccc(N=Nc6ccc(CCCC)cc6)c6ccccc56)ccc(c34)N2C)cc1. The zero-order chi connectivity index (χ0) is 34.5. The topological polar surface area (TPSA) is 55.9 Å². The monoisotopic (exact) mass is 658 g/mol. The number of nitrogens with zero attached hydrogens (tertiary/aromatic N) is 6. The van der Waals surface area contributed by atoms with E-state index in [-0.39, 0.29) is 6.17 Å². The molecule has 0 saturated heterocycles. The van der Waals surface area contributed by atoms with E-state index in [0.29, 0.717) is 0 Å². The molecule has 0 spiro atoms. The Morgan fingerprint density at radius 2 is 1.00 bits per heavy atom. The Balaban J connectivity index is 1.15. The zero-order valence-corrected chi connectivity index (χ0v) is 29.7. The molecule has 0 amide bonds. The van der Waals surface area contributed by atoms with Gasteiger partial charge in [0.25, 0.3) is 0 Å². The molecule has 6 heteroatoms. The lowest BCUT2D eigenvalue weighted by molar-refractivity contribution is 0.648. The summed E-state index contributed by atoms with van der Waals surface area (Å²) in [6.07, 6.45) is 8.50. The van der Waals surface area contributed by atoms with Gasteiger partial charge in [0.05, 0.1) is 22.7 Å². The maximum Gasteiger partial charge on any atom is 0.127 e. The Hall–Kier alpha value is -5.36. The fraction of sp³-hybridized carbons (Fsp3) is 0.273. The van der Waals surface area contributed by atoms with E-state index in [9.17, 15) is 0 Å². The predicted octanol–water partition coefficient (Wildman–Crippen LogP) is 13.5. The fourth-order valence-electron chi connectivity index (χ4n) is 7.21. The van der Waals surface area contributed by atoms with Crippen molar-refractivity contribution in [2.75, 3.05) is 23.9 Å². The van der Waals surface area contributed by atoms with E-state index in [0.717, 1.165) is 51.7 Å². The number of benzene rings is 6. The summed E-state index contributed by atoms with van der Waals surface area (Å²) in [5, 5.41) is 23.1. The van der Waals surface area contributed by atoms with Crippen molar-refractivity contribution >= 4 is 55.7 Å². The van der Waals surface area contributed by atoms with Crippen LogP contribution in [0.2, 0.25) is 0 Å². The van der Waals surface area contributed by atoms with E-state index in [2.05, 4.69) is 127 Å². The van der Waals surface area contributed by atoms with Gasteiger partial charge in [0.1, 0.15) is 6.17 Å². The van der Waals surface area contributed by atoms with Crippen LogP contribution in [-0.2, 0) is 12.8 Å². The average molecular weight is 659 g/mol. The first-order valence-corrected chi connectivity index (χ1v) is 18.1. The van der Waals surface area contributed by atoms with Crippen LogP contribution in [0.4, 0.5) is 34.1 Å². The lowest BCUT2D eigenvalue weighted by Gasteiger charge is -2.43.